The van der Waals surface area contributed by atoms with Crippen LogP contribution >= 0.6 is 0 Å². The number of alkyl halides is 3. The van der Waals surface area contributed by atoms with Gasteiger partial charge in [-0.1, -0.05) is 12.1 Å². The molecule has 5 aromatic rings. The number of pyridine rings is 1. The molecule has 206 valence electrons. The number of carboxylic acid groups (broad SMARTS) is 1. The molecule has 0 saturated carbocycles. The van der Waals surface area contributed by atoms with Crippen LogP contribution in [0.5, 0.6) is 11.6 Å². The van der Waals surface area contributed by atoms with E-state index in [9.17, 15) is 13.2 Å². The van der Waals surface area contributed by atoms with Crippen LogP contribution < -0.4 is 21.1 Å². The number of halogens is 3. The lowest BCUT2D eigenvalue weighted by atomic mass is 10.2. The van der Waals surface area contributed by atoms with Crippen LogP contribution in [-0.4, -0.2) is 49.9 Å². The van der Waals surface area contributed by atoms with Crippen molar-refractivity contribution in [1.82, 2.24) is 19.5 Å². The largest absolute Gasteiger partial charge is 0.490 e. The number of hydrogen-bond donors (Lipinski definition) is 4. The van der Waals surface area contributed by atoms with Crippen LogP contribution in [0.2, 0.25) is 0 Å². The van der Waals surface area contributed by atoms with Crippen molar-refractivity contribution in [2.24, 2.45) is 5.73 Å². The molecule has 0 aliphatic heterocycles. The smallest absolute Gasteiger partial charge is 0.475 e. The fraction of sp³-hybridized carbons (Fsp3) is 0.111. The lowest BCUT2D eigenvalue weighted by Crippen LogP contribution is -2.21. The number of carbonyl (C=O) groups is 1. The number of carboxylic acids is 1. The first-order chi connectivity index (χ1) is 19.2. The fourth-order valence-electron chi connectivity index (χ4n) is 3.51. The van der Waals surface area contributed by atoms with Crippen molar-refractivity contribution in [3.05, 3.63) is 91.4 Å². The number of rotatable bonds is 8. The predicted molar refractivity (Wildman–Crippen MR) is 144 cm³/mol. The van der Waals surface area contributed by atoms with E-state index in [4.69, 9.17) is 20.4 Å². The van der Waals surface area contributed by atoms with Gasteiger partial charge in [-0.15, -0.1) is 0 Å². The zero-order chi connectivity index (χ0) is 28.5. The average molecular weight is 552 g/mol. The van der Waals surface area contributed by atoms with E-state index in [1.807, 2.05) is 77.5 Å². The highest BCUT2D eigenvalue weighted by atomic mass is 19.4. The van der Waals surface area contributed by atoms with Crippen LogP contribution in [-0.2, 0) is 4.79 Å². The summed E-state index contributed by atoms with van der Waals surface area (Å²) in [5, 5.41) is 14.6. The summed E-state index contributed by atoms with van der Waals surface area (Å²) in [5.74, 6) is -0.291. The van der Waals surface area contributed by atoms with Gasteiger partial charge in [0.2, 0.25) is 11.8 Å². The number of anilines is 3. The maximum Gasteiger partial charge on any atom is 0.490 e. The van der Waals surface area contributed by atoms with Crippen molar-refractivity contribution in [2.45, 2.75) is 6.18 Å². The van der Waals surface area contributed by atoms with E-state index >= 15 is 0 Å². The van der Waals surface area contributed by atoms with Crippen LogP contribution in [0, 0.1) is 0 Å². The van der Waals surface area contributed by atoms with Gasteiger partial charge in [0.25, 0.3) is 0 Å². The number of hydrogen-bond acceptors (Lipinski definition) is 8. The third kappa shape index (κ3) is 7.45. The molecular weight excluding hydrogens is 527 g/mol. The Morgan fingerprint density at radius 1 is 0.975 bits per heavy atom. The first-order valence-electron chi connectivity index (χ1n) is 11.9. The summed E-state index contributed by atoms with van der Waals surface area (Å²) in [4.78, 5) is 22.1. The lowest BCUT2D eigenvalue weighted by molar-refractivity contribution is -0.192. The molecule has 0 unspecified atom stereocenters. The Kier molecular flexibility index (Phi) is 8.76. The van der Waals surface area contributed by atoms with Crippen LogP contribution in [0.25, 0.3) is 16.7 Å². The van der Waals surface area contributed by atoms with Gasteiger partial charge in [0.05, 0.1) is 5.52 Å². The molecule has 5 rings (SSSR count). The molecule has 0 amide bonds. The Hall–Kier alpha value is -5.17. The van der Waals surface area contributed by atoms with Gasteiger partial charge in [-0.05, 0) is 54.6 Å². The van der Waals surface area contributed by atoms with Gasteiger partial charge in [-0.2, -0.15) is 18.2 Å². The van der Waals surface area contributed by atoms with E-state index in [0.29, 0.717) is 30.7 Å². The molecule has 3 heterocycles. The molecule has 5 N–H and O–H groups in total. The zero-order valence-electron chi connectivity index (χ0n) is 20.8. The quantitative estimate of drug-likeness (QED) is 0.201. The number of nitrogens with two attached hydrogens (primary N) is 1. The summed E-state index contributed by atoms with van der Waals surface area (Å²) in [6.07, 6.45) is 0.365. The summed E-state index contributed by atoms with van der Waals surface area (Å²) < 4.78 is 39.8. The van der Waals surface area contributed by atoms with Crippen molar-refractivity contribution in [3.8, 4) is 17.4 Å². The van der Waals surface area contributed by atoms with E-state index < -0.39 is 12.1 Å². The van der Waals surface area contributed by atoms with E-state index in [-0.39, 0.29) is 0 Å². The Labute approximate surface area is 226 Å². The molecule has 0 bridgehead atoms. The number of ether oxygens (including phenoxy) is 1. The summed E-state index contributed by atoms with van der Waals surface area (Å²) in [5.41, 5.74) is 8.45. The maximum atomic E-state index is 10.6. The number of nitrogens with zero attached hydrogens (tertiary/aromatic N) is 4. The molecule has 0 atom stereocenters. The van der Waals surface area contributed by atoms with Gasteiger partial charge in [0.1, 0.15) is 11.6 Å². The zero-order valence-corrected chi connectivity index (χ0v) is 20.8. The minimum Gasteiger partial charge on any atom is -0.475 e. The average Bonchev–Trinajstić information content (AvgIpc) is 3.36. The summed E-state index contributed by atoms with van der Waals surface area (Å²) >= 11 is 0. The van der Waals surface area contributed by atoms with E-state index in [1.165, 1.54) is 0 Å². The van der Waals surface area contributed by atoms with Gasteiger partial charge in [0.15, 0.2) is 0 Å². The first kappa shape index (κ1) is 27.9. The fourth-order valence-corrected chi connectivity index (χ4v) is 3.51. The summed E-state index contributed by atoms with van der Waals surface area (Å²) in [6.45, 7) is 1.28. The van der Waals surface area contributed by atoms with Gasteiger partial charge in [-0.25, -0.2) is 14.8 Å². The standard InChI is InChI=1S/C25H23N7O.C2HF3O2/c26-11-14-27-19-4-3-5-20(17-19)30-25-29-13-9-24(31-25)33-21-7-8-22-18(16-21)10-15-32(22)23-6-1-2-12-28-23;3-2(4,5)1(6)7/h1-10,12-13,15-17,27H,11,14,26H2,(H,29,30,31);(H,6,7). The summed E-state index contributed by atoms with van der Waals surface area (Å²) in [7, 11) is 0. The second-order valence-corrected chi connectivity index (χ2v) is 8.14. The highest BCUT2D eigenvalue weighted by Gasteiger charge is 2.38. The van der Waals surface area contributed by atoms with E-state index in [1.54, 1.807) is 18.5 Å². The Balaban J connectivity index is 0.000000470. The molecule has 0 spiro atoms. The van der Waals surface area contributed by atoms with Gasteiger partial charge >= 0.3 is 12.1 Å². The van der Waals surface area contributed by atoms with E-state index in [0.717, 1.165) is 28.1 Å². The molecule has 0 aliphatic carbocycles. The van der Waals surface area contributed by atoms with Crippen molar-refractivity contribution in [2.75, 3.05) is 23.7 Å². The topological polar surface area (TPSA) is 140 Å². The Morgan fingerprint density at radius 3 is 2.50 bits per heavy atom. The highest BCUT2D eigenvalue weighted by molar-refractivity contribution is 5.83. The molecule has 10 nitrogen and oxygen atoms in total. The number of aliphatic carboxylic acids is 1. The number of aromatic nitrogens is 4. The third-order valence-corrected chi connectivity index (χ3v) is 5.24. The van der Waals surface area contributed by atoms with Gasteiger partial charge < -0.3 is 30.8 Å². The second kappa shape index (κ2) is 12.6. The second-order valence-electron chi connectivity index (χ2n) is 8.14. The Bertz CT molecular complexity index is 1580. The molecule has 0 aliphatic rings. The minimum atomic E-state index is -5.08. The maximum absolute atomic E-state index is 10.6. The number of nitrogens with one attached hydrogen (secondary N) is 2. The molecule has 2 aromatic carbocycles. The highest BCUT2D eigenvalue weighted by Crippen LogP contribution is 2.27. The van der Waals surface area contributed by atoms with Gasteiger partial charge in [0, 0.05) is 54.5 Å². The molecular formula is C27H24F3N7O3. The molecule has 0 saturated heterocycles. The molecule has 0 fully saturated rings. The minimum absolute atomic E-state index is 0.450. The monoisotopic (exact) mass is 551 g/mol. The summed E-state index contributed by atoms with van der Waals surface area (Å²) in [6, 6.07) is 23.4. The lowest BCUT2D eigenvalue weighted by Gasteiger charge is -2.10. The van der Waals surface area contributed by atoms with Crippen LogP contribution in [0.4, 0.5) is 30.5 Å². The van der Waals surface area contributed by atoms with E-state index in [2.05, 4.69) is 25.6 Å². The van der Waals surface area contributed by atoms with Crippen molar-refractivity contribution in [1.29, 1.82) is 0 Å². The predicted octanol–water partition coefficient (Wildman–Crippen LogP) is 5.36. The Morgan fingerprint density at radius 2 is 1.77 bits per heavy atom. The third-order valence-electron chi connectivity index (χ3n) is 5.24. The number of fused-ring (bicyclic) bond motifs is 1. The van der Waals surface area contributed by atoms with Crippen molar-refractivity contribution in [3.63, 3.8) is 0 Å². The first-order valence-corrected chi connectivity index (χ1v) is 11.9. The van der Waals surface area contributed by atoms with Crippen molar-refractivity contribution < 1.29 is 27.8 Å². The van der Waals surface area contributed by atoms with Crippen molar-refractivity contribution >= 4 is 34.2 Å². The molecule has 40 heavy (non-hydrogen) atoms. The number of benzene rings is 2. The van der Waals surface area contributed by atoms with Gasteiger partial charge in [-0.3, -0.25) is 0 Å². The SMILES string of the molecule is NCCNc1cccc(Nc2nccc(Oc3ccc4c(ccn4-c4ccccn4)c3)n2)c1.O=C(O)C(F)(F)F. The van der Waals surface area contributed by atoms with Crippen LogP contribution in [0.15, 0.2) is 91.4 Å². The molecule has 0 radical (unpaired) electrons. The molecule has 3 aromatic heterocycles. The van der Waals surface area contributed by atoms with Crippen LogP contribution in [0.1, 0.15) is 0 Å². The molecule has 13 heteroatoms. The van der Waals surface area contributed by atoms with Crippen LogP contribution in [0.3, 0.4) is 0 Å². The normalized spacial score (nSPS) is 10.9.